The third kappa shape index (κ3) is 4.58. The summed E-state index contributed by atoms with van der Waals surface area (Å²) in [4.78, 5) is 0. The largest absolute Gasteiger partial charge is 0.390 e. The predicted octanol–water partition coefficient (Wildman–Crippen LogP) is 6.03. The number of fused-ring (bicyclic) bond motifs is 1. The second-order valence-electron chi connectivity index (χ2n) is 8.46. The molecule has 0 aliphatic rings. The predicted molar refractivity (Wildman–Crippen MR) is 131 cm³/mol. The van der Waals surface area contributed by atoms with Crippen LogP contribution in [0.25, 0.3) is 33.3 Å². The lowest BCUT2D eigenvalue weighted by Crippen LogP contribution is -2.35. The average Bonchev–Trinajstić information content (AvgIpc) is 3.11. The highest BCUT2D eigenvalue weighted by Crippen LogP contribution is 2.41. The summed E-state index contributed by atoms with van der Waals surface area (Å²) < 4.78 is 2.30. The molecule has 0 bridgehead atoms. The van der Waals surface area contributed by atoms with Crippen LogP contribution in [-0.4, -0.2) is 28.4 Å². The third-order valence-corrected chi connectivity index (χ3v) is 6.04. The number of nitrogens with zero attached hydrogens (tertiary/aromatic N) is 1. The van der Waals surface area contributed by atoms with Crippen LogP contribution in [0.5, 0.6) is 0 Å². The van der Waals surface area contributed by atoms with Crippen LogP contribution in [0.15, 0.2) is 78.9 Å². The van der Waals surface area contributed by atoms with E-state index in [0.717, 1.165) is 23.2 Å². The Morgan fingerprint density at radius 3 is 2.19 bits per heavy atom. The van der Waals surface area contributed by atoms with Crippen molar-refractivity contribution in [1.29, 1.82) is 0 Å². The minimum atomic E-state index is -0.475. The van der Waals surface area contributed by atoms with E-state index in [4.69, 9.17) is 0 Å². The second-order valence-corrected chi connectivity index (χ2v) is 8.46. The Balaban J connectivity index is 1.90. The maximum absolute atomic E-state index is 10.9. The van der Waals surface area contributed by atoms with Gasteiger partial charge in [0, 0.05) is 29.1 Å². The van der Waals surface area contributed by atoms with Crippen molar-refractivity contribution >= 4 is 10.9 Å². The Kier molecular flexibility index (Phi) is 6.55. The number of benzene rings is 3. The molecule has 1 heterocycles. The zero-order chi connectivity index (χ0) is 21.8. The summed E-state index contributed by atoms with van der Waals surface area (Å²) in [6.45, 7) is 7.57. The third-order valence-electron chi connectivity index (χ3n) is 6.04. The molecule has 1 aromatic heterocycles. The molecule has 0 aliphatic heterocycles. The molecule has 3 nitrogen and oxygen atoms in total. The minimum Gasteiger partial charge on any atom is -0.390 e. The van der Waals surface area contributed by atoms with E-state index in [2.05, 4.69) is 103 Å². The van der Waals surface area contributed by atoms with Gasteiger partial charge < -0.3 is 15.0 Å². The summed E-state index contributed by atoms with van der Waals surface area (Å²) in [7, 11) is 0. The molecule has 2 N–H and O–H groups in total. The number of hydrogen-bond acceptors (Lipinski definition) is 2. The van der Waals surface area contributed by atoms with E-state index in [-0.39, 0.29) is 0 Å². The van der Waals surface area contributed by atoms with Crippen LogP contribution in [0, 0.1) is 6.92 Å². The monoisotopic (exact) mass is 412 g/mol. The van der Waals surface area contributed by atoms with E-state index in [1.807, 2.05) is 6.07 Å². The molecule has 0 spiro atoms. The molecule has 0 saturated heterocycles. The zero-order valence-corrected chi connectivity index (χ0v) is 18.7. The maximum Gasteiger partial charge on any atom is 0.0843 e. The van der Waals surface area contributed by atoms with Gasteiger partial charge in [-0.3, -0.25) is 0 Å². The first-order chi connectivity index (χ1) is 15.1. The van der Waals surface area contributed by atoms with Gasteiger partial charge in [0.05, 0.1) is 18.3 Å². The van der Waals surface area contributed by atoms with E-state index in [9.17, 15) is 5.11 Å². The van der Waals surface area contributed by atoms with Crippen LogP contribution in [0.2, 0.25) is 0 Å². The lowest BCUT2D eigenvalue weighted by molar-refractivity contribution is 0.150. The van der Waals surface area contributed by atoms with Crippen molar-refractivity contribution < 1.29 is 5.11 Å². The van der Waals surface area contributed by atoms with Crippen molar-refractivity contribution in [3.05, 3.63) is 84.4 Å². The van der Waals surface area contributed by atoms with E-state index in [0.29, 0.717) is 19.1 Å². The number of aromatic nitrogens is 1. The number of rotatable bonds is 8. The highest BCUT2D eigenvalue weighted by atomic mass is 16.3. The molecular formula is C28H32N2O. The maximum atomic E-state index is 10.9. The molecule has 2 unspecified atom stereocenters. The van der Waals surface area contributed by atoms with E-state index in [1.165, 1.54) is 22.1 Å². The van der Waals surface area contributed by atoms with Gasteiger partial charge in [-0.2, -0.15) is 0 Å². The van der Waals surface area contributed by atoms with Crippen LogP contribution in [-0.2, 0) is 6.54 Å². The summed E-state index contributed by atoms with van der Waals surface area (Å²) in [6.07, 6.45) is 0.572. The molecule has 3 aromatic carbocycles. The molecule has 160 valence electrons. The number of nitrogens with one attached hydrogen (secondary N) is 1. The van der Waals surface area contributed by atoms with Gasteiger partial charge in [0.15, 0.2) is 0 Å². The molecule has 0 fully saturated rings. The summed E-state index contributed by atoms with van der Waals surface area (Å²) in [5.41, 5.74) is 7.15. The molecular weight excluding hydrogens is 380 g/mol. The Hall–Kier alpha value is -2.88. The van der Waals surface area contributed by atoms with Crippen LogP contribution in [0.4, 0.5) is 0 Å². The first kappa shape index (κ1) is 21.4. The normalized spacial score (nSPS) is 13.4. The molecule has 31 heavy (non-hydrogen) atoms. The number of aliphatic hydroxyl groups excluding tert-OH is 1. The van der Waals surface area contributed by atoms with Gasteiger partial charge in [0.25, 0.3) is 0 Å². The summed E-state index contributed by atoms with van der Waals surface area (Å²) >= 11 is 0. The highest BCUT2D eigenvalue weighted by molar-refractivity contribution is 6.04. The van der Waals surface area contributed by atoms with E-state index in [1.54, 1.807) is 0 Å². The zero-order valence-electron chi connectivity index (χ0n) is 18.7. The number of aryl methyl sites for hydroxylation is 1. The minimum absolute atomic E-state index is 0.396. The molecule has 3 heteroatoms. The SMILES string of the molecule is CCC(C)NCC(O)Cn1c(-c2ccccc2)c(-c2ccccc2)c2cc(C)ccc21. The average molecular weight is 413 g/mol. The Morgan fingerprint density at radius 1 is 0.903 bits per heavy atom. The standard InChI is InChI=1S/C28H32N2O/c1-4-21(3)29-18-24(31)19-30-26-16-15-20(2)17-25(26)27(22-11-7-5-8-12-22)28(30)23-13-9-6-10-14-23/h5-17,21,24,29,31H,4,18-19H2,1-3H3. The lowest BCUT2D eigenvalue weighted by Gasteiger charge is -2.19. The number of hydrogen-bond donors (Lipinski definition) is 2. The van der Waals surface area contributed by atoms with Gasteiger partial charge in [0.2, 0.25) is 0 Å². The van der Waals surface area contributed by atoms with Crippen molar-refractivity contribution in [1.82, 2.24) is 9.88 Å². The van der Waals surface area contributed by atoms with E-state index >= 15 is 0 Å². The molecule has 0 aliphatic carbocycles. The first-order valence-electron chi connectivity index (χ1n) is 11.2. The van der Waals surface area contributed by atoms with Crippen LogP contribution >= 0.6 is 0 Å². The molecule has 0 radical (unpaired) electrons. The van der Waals surface area contributed by atoms with Crippen molar-refractivity contribution in [2.75, 3.05) is 6.54 Å². The van der Waals surface area contributed by atoms with Gasteiger partial charge in [-0.1, -0.05) is 79.2 Å². The van der Waals surface area contributed by atoms with Crippen LogP contribution in [0.3, 0.4) is 0 Å². The van der Waals surface area contributed by atoms with E-state index < -0.39 is 6.10 Å². The fourth-order valence-electron chi connectivity index (χ4n) is 4.21. The molecule has 4 rings (SSSR count). The molecule has 4 aromatic rings. The Labute approximate surface area is 185 Å². The topological polar surface area (TPSA) is 37.2 Å². The Bertz CT molecular complexity index is 1130. The quantitative estimate of drug-likeness (QED) is 0.371. The van der Waals surface area contributed by atoms with Crippen molar-refractivity contribution in [2.45, 2.75) is 45.9 Å². The molecule has 0 saturated carbocycles. The van der Waals surface area contributed by atoms with Gasteiger partial charge in [-0.15, -0.1) is 0 Å². The van der Waals surface area contributed by atoms with Crippen LogP contribution < -0.4 is 5.32 Å². The number of aliphatic hydroxyl groups is 1. The van der Waals surface area contributed by atoms with Crippen molar-refractivity contribution in [3.8, 4) is 22.4 Å². The smallest absolute Gasteiger partial charge is 0.0843 e. The first-order valence-corrected chi connectivity index (χ1v) is 11.2. The van der Waals surface area contributed by atoms with Gasteiger partial charge in [-0.25, -0.2) is 0 Å². The van der Waals surface area contributed by atoms with Crippen molar-refractivity contribution in [2.24, 2.45) is 0 Å². The van der Waals surface area contributed by atoms with Gasteiger partial charge in [-0.05, 0) is 43.5 Å². The van der Waals surface area contributed by atoms with Gasteiger partial charge >= 0.3 is 0 Å². The lowest BCUT2D eigenvalue weighted by atomic mass is 9.98. The second kappa shape index (κ2) is 9.51. The summed E-state index contributed by atoms with van der Waals surface area (Å²) in [5, 5.41) is 15.6. The summed E-state index contributed by atoms with van der Waals surface area (Å²) in [6, 6.07) is 28.1. The fraction of sp³-hybridized carbons (Fsp3) is 0.286. The van der Waals surface area contributed by atoms with Crippen LogP contribution in [0.1, 0.15) is 25.8 Å². The summed E-state index contributed by atoms with van der Waals surface area (Å²) in [5.74, 6) is 0. The Morgan fingerprint density at radius 2 is 1.55 bits per heavy atom. The fourth-order valence-corrected chi connectivity index (χ4v) is 4.21. The highest BCUT2D eigenvalue weighted by Gasteiger charge is 2.21. The molecule has 2 atom stereocenters. The molecule has 0 amide bonds. The van der Waals surface area contributed by atoms with Gasteiger partial charge in [0.1, 0.15) is 0 Å². The van der Waals surface area contributed by atoms with Crippen molar-refractivity contribution in [3.63, 3.8) is 0 Å².